The van der Waals surface area contributed by atoms with Crippen LogP contribution in [0.15, 0.2) is 24.5 Å². The van der Waals surface area contributed by atoms with Crippen molar-refractivity contribution in [1.82, 2.24) is 15.2 Å². The van der Waals surface area contributed by atoms with Crippen LogP contribution in [0.25, 0.3) is 0 Å². The van der Waals surface area contributed by atoms with E-state index in [0.29, 0.717) is 5.56 Å². The third kappa shape index (κ3) is 2.53. The molecule has 0 aliphatic carbocycles. The van der Waals surface area contributed by atoms with Gasteiger partial charge in [0.25, 0.3) is 5.91 Å². The molecule has 1 fully saturated rings. The molecule has 1 saturated heterocycles. The van der Waals surface area contributed by atoms with Gasteiger partial charge in [0.2, 0.25) is 0 Å². The second-order valence-corrected chi connectivity index (χ2v) is 5.18. The SMILES string of the molecule is CNCC1(C)CCCCN1C(=O)c1cccnc1. The van der Waals surface area contributed by atoms with Crippen molar-refractivity contribution in [2.24, 2.45) is 0 Å². The molecular weight excluding hydrogens is 226 g/mol. The van der Waals surface area contributed by atoms with Gasteiger partial charge < -0.3 is 10.2 Å². The lowest BCUT2D eigenvalue weighted by Crippen LogP contribution is -2.57. The molecule has 1 unspecified atom stereocenters. The molecule has 1 aromatic rings. The van der Waals surface area contributed by atoms with Gasteiger partial charge in [-0.1, -0.05) is 0 Å². The van der Waals surface area contributed by atoms with E-state index < -0.39 is 0 Å². The standard InChI is InChI=1S/C14H21N3O/c1-14(11-15-2)7-3-4-9-17(14)13(18)12-6-5-8-16-10-12/h5-6,8,10,15H,3-4,7,9,11H2,1-2H3. The molecule has 0 bridgehead atoms. The van der Waals surface area contributed by atoms with Gasteiger partial charge >= 0.3 is 0 Å². The van der Waals surface area contributed by atoms with E-state index in [0.717, 1.165) is 25.9 Å². The second-order valence-electron chi connectivity index (χ2n) is 5.18. The van der Waals surface area contributed by atoms with Gasteiger partial charge in [0.05, 0.1) is 11.1 Å². The highest BCUT2D eigenvalue weighted by Gasteiger charge is 2.37. The van der Waals surface area contributed by atoms with Crippen LogP contribution in [0.4, 0.5) is 0 Å². The van der Waals surface area contributed by atoms with Crippen molar-refractivity contribution in [2.45, 2.75) is 31.7 Å². The molecule has 4 nitrogen and oxygen atoms in total. The number of likely N-dealkylation sites (tertiary alicyclic amines) is 1. The Kier molecular flexibility index (Phi) is 3.97. The Morgan fingerprint density at radius 3 is 3.06 bits per heavy atom. The number of aromatic nitrogens is 1. The molecule has 1 aromatic heterocycles. The molecule has 2 heterocycles. The number of nitrogens with one attached hydrogen (secondary N) is 1. The molecule has 4 heteroatoms. The number of hydrogen-bond donors (Lipinski definition) is 1. The number of pyridine rings is 1. The minimum Gasteiger partial charge on any atom is -0.332 e. The normalized spacial score (nSPS) is 24.0. The van der Waals surface area contributed by atoms with E-state index in [2.05, 4.69) is 17.2 Å². The summed E-state index contributed by atoms with van der Waals surface area (Å²) in [6.45, 7) is 3.84. The van der Waals surface area contributed by atoms with Crippen LogP contribution in [0.3, 0.4) is 0 Å². The summed E-state index contributed by atoms with van der Waals surface area (Å²) in [7, 11) is 1.94. The fraction of sp³-hybridized carbons (Fsp3) is 0.571. The number of piperidine rings is 1. The van der Waals surface area contributed by atoms with Gasteiger partial charge in [0, 0.05) is 25.5 Å². The van der Waals surface area contributed by atoms with Gasteiger partial charge in [-0.05, 0) is 45.4 Å². The molecule has 1 N–H and O–H groups in total. The number of amides is 1. The number of carbonyl (C=O) groups excluding carboxylic acids is 1. The Hall–Kier alpha value is -1.42. The molecule has 0 aromatic carbocycles. The monoisotopic (exact) mass is 247 g/mol. The van der Waals surface area contributed by atoms with Crippen LogP contribution in [0.5, 0.6) is 0 Å². The van der Waals surface area contributed by atoms with Crippen molar-refractivity contribution in [3.8, 4) is 0 Å². The summed E-state index contributed by atoms with van der Waals surface area (Å²) in [6.07, 6.45) is 6.68. The fourth-order valence-electron chi connectivity index (χ4n) is 2.74. The topological polar surface area (TPSA) is 45.2 Å². The minimum atomic E-state index is -0.0834. The average molecular weight is 247 g/mol. The molecule has 1 atom stereocenters. The molecule has 1 amide bonds. The molecule has 2 rings (SSSR count). The fourth-order valence-corrected chi connectivity index (χ4v) is 2.74. The third-order valence-corrected chi connectivity index (χ3v) is 3.71. The first-order valence-corrected chi connectivity index (χ1v) is 6.54. The zero-order chi connectivity index (χ0) is 13.0. The zero-order valence-corrected chi connectivity index (χ0v) is 11.1. The van der Waals surface area contributed by atoms with Gasteiger partial charge in [-0.25, -0.2) is 0 Å². The van der Waals surface area contributed by atoms with E-state index in [1.807, 2.05) is 24.1 Å². The Bertz CT molecular complexity index is 403. The maximum absolute atomic E-state index is 12.5. The van der Waals surface area contributed by atoms with Crippen LogP contribution >= 0.6 is 0 Å². The largest absolute Gasteiger partial charge is 0.332 e. The number of hydrogen-bond acceptors (Lipinski definition) is 3. The highest BCUT2D eigenvalue weighted by Crippen LogP contribution is 2.28. The van der Waals surface area contributed by atoms with Crippen molar-refractivity contribution in [1.29, 1.82) is 0 Å². The number of rotatable bonds is 3. The first kappa shape index (κ1) is 13.0. The van der Waals surface area contributed by atoms with E-state index in [9.17, 15) is 4.79 Å². The van der Waals surface area contributed by atoms with Gasteiger partial charge in [-0.15, -0.1) is 0 Å². The van der Waals surface area contributed by atoms with Gasteiger partial charge in [-0.3, -0.25) is 9.78 Å². The summed E-state index contributed by atoms with van der Waals surface area (Å²) in [5.74, 6) is 0.0977. The maximum Gasteiger partial charge on any atom is 0.255 e. The summed E-state index contributed by atoms with van der Waals surface area (Å²) >= 11 is 0. The van der Waals surface area contributed by atoms with Crippen molar-refractivity contribution in [2.75, 3.05) is 20.1 Å². The van der Waals surface area contributed by atoms with Gasteiger partial charge in [0.1, 0.15) is 0 Å². The maximum atomic E-state index is 12.5. The Balaban J connectivity index is 2.21. The van der Waals surface area contributed by atoms with Crippen LogP contribution in [0, 0.1) is 0 Å². The molecule has 0 radical (unpaired) electrons. The lowest BCUT2D eigenvalue weighted by molar-refractivity contribution is 0.0381. The first-order valence-electron chi connectivity index (χ1n) is 6.54. The molecular formula is C14H21N3O. The highest BCUT2D eigenvalue weighted by molar-refractivity contribution is 5.94. The van der Waals surface area contributed by atoms with E-state index in [1.54, 1.807) is 12.4 Å². The average Bonchev–Trinajstić information content (AvgIpc) is 2.39. The van der Waals surface area contributed by atoms with Crippen molar-refractivity contribution in [3.05, 3.63) is 30.1 Å². The Morgan fingerprint density at radius 1 is 1.56 bits per heavy atom. The molecule has 1 aliphatic rings. The summed E-state index contributed by atoms with van der Waals surface area (Å²) in [6, 6.07) is 3.65. The predicted molar refractivity (Wildman–Crippen MR) is 71.5 cm³/mol. The lowest BCUT2D eigenvalue weighted by Gasteiger charge is -2.45. The molecule has 1 aliphatic heterocycles. The van der Waals surface area contributed by atoms with Crippen LogP contribution in [-0.4, -0.2) is 41.5 Å². The molecule has 98 valence electrons. The molecule has 18 heavy (non-hydrogen) atoms. The summed E-state index contributed by atoms with van der Waals surface area (Å²) in [5, 5.41) is 3.20. The molecule has 0 saturated carbocycles. The summed E-state index contributed by atoms with van der Waals surface area (Å²) in [4.78, 5) is 18.6. The van der Waals surface area contributed by atoms with Crippen molar-refractivity contribution < 1.29 is 4.79 Å². The van der Waals surface area contributed by atoms with Crippen LogP contribution in [-0.2, 0) is 0 Å². The highest BCUT2D eigenvalue weighted by atomic mass is 16.2. The second kappa shape index (κ2) is 5.48. The lowest BCUT2D eigenvalue weighted by atomic mass is 9.87. The van der Waals surface area contributed by atoms with Crippen LogP contribution < -0.4 is 5.32 Å². The van der Waals surface area contributed by atoms with Gasteiger partial charge in [-0.2, -0.15) is 0 Å². The number of likely N-dealkylation sites (N-methyl/N-ethyl adjacent to an activating group) is 1. The van der Waals surface area contributed by atoms with E-state index in [4.69, 9.17) is 0 Å². The van der Waals surface area contributed by atoms with Crippen molar-refractivity contribution >= 4 is 5.91 Å². The van der Waals surface area contributed by atoms with Crippen LogP contribution in [0.2, 0.25) is 0 Å². The molecule has 0 spiro atoms. The number of nitrogens with zero attached hydrogens (tertiary/aromatic N) is 2. The van der Waals surface area contributed by atoms with Crippen molar-refractivity contribution in [3.63, 3.8) is 0 Å². The third-order valence-electron chi connectivity index (χ3n) is 3.71. The zero-order valence-electron chi connectivity index (χ0n) is 11.1. The van der Waals surface area contributed by atoms with E-state index in [1.165, 1.54) is 6.42 Å². The van der Waals surface area contributed by atoms with Gasteiger partial charge in [0.15, 0.2) is 0 Å². The Morgan fingerprint density at radius 2 is 2.39 bits per heavy atom. The van der Waals surface area contributed by atoms with Crippen LogP contribution in [0.1, 0.15) is 36.5 Å². The Labute approximate surface area is 108 Å². The number of carbonyl (C=O) groups is 1. The predicted octanol–water partition coefficient (Wildman–Crippen LogP) is 1.69. The smallest absolute Gasteiger partial charge is 0.255 e. The quantitative estimate of drug-likeness (QED) is 0.884. The van der Waals surface area contributed by atoms with E-state index >= 15 is 0 Å². The first-order chi connectivity index (χ1) is 8.67. The van der Waals surface area contributed by atoms with E-state index in [-0.39, 0.29) is 11.4 Å². The summed E-state index contributed by atoms with van der Waals surface area (Å²) in [5.41, 5.74) is 0.599. The minimum absolute atomic E-state index is 0.0834. The summed E-state index contributed by atoms with van der Waals surface area (Å²) < 4.78 is 0.